The highest BCUT2D eigenvalue weighted by atomic mass is 16.5. The summed E-state index contributed by atoms with van der Waals surface area (Å²) < 4.78 is 5.65. The second-order valence-corrected chi connectivity index (χ2v) is 5.05. The van der Waals surface area contributed by atoms with E-state index in [0.717, 1.165) is 18.8 Å². The summed E-state index contributed by atoms with van der Waals surface area (Å²) in [6.45, 7) is 7.07. The molecule has 0 bridgehead atoms. The molecule has 0 fully saturated rings. The molecule has 2 N–H and O–H groups in total. The first-order valence-electron chi connectivity index (χ1n) is 5.51. The summed E-state index contributed by atoms with van der Waals surface area (Å²) in [5, 5.41) is 0. The summed E-state index contributed by atoms with van der Waals surface area (Å²) in [6.07, 6.45) is 1.01. The number of aryl methyl sites for hydroxylation is 1. The van der Waals surface area contributed by atoms with Gasteiger partial charge in [0.05, 0.1) is 6.61 Å². The maximum atomic E-state index is 6.22. The monoisotopic (exact) mass is 205 g/mol. The third-order valence-corrected chi connectivity index (χ3v) is 3.10. The average molecular weight is 205 g/mol. The molecule has 1 aliphatic heterocycles. The SMILES string of the molecule is Cc1ccc2c(c1)C(C(C)(C)N)CCO2. The molecule has 0 amide bonds. The van der Waals surface area contributed by atoms with E-state index in [-0.39, 0.29) is 5.54 Å². The molecule has 0 spiro atoms. The minimum atomic E-state index is -0.174. The quantitative estimate of drug-likeness (QED) is 0.765. The Kier molecular flexibility index (Phi) is 2.47. The zero-order valence-electron chi connectivity index (χ0n) is 9.71. The first-order valence-corrected chi connectivity index (χ1v) is 5.51. The van der Waals surface area contributed by atoms with E-state index in [1.54, 1.807) is 0 Å². The number of ether oxygens (including phenoxy) is 1. The summed E-state index contributed by atoms with van der Waals surface area (Å²) >= 11 is 0. The minimum absolute atomic E-state index is 0.174. The molecular formula is C13H19NO. The van der Waals surface area contributed by atoms with Gasteiger partial charge in [0, 0.05) is 11.5 Å². The van der Waals surface area contributed by atoms with Crippen LogP contribution in [0.15, 0.2) is 18.2 Å². The Bertz CT molecular complexity index is 365. The number of fused-ring (bicyclic) bond motifs is 1. The van der Waals surface area contributed by atoms with Crippen molar-refractivity contribution < 1.29 is 4.74 Å². The summed E-state index contributed by atoms with van der Waals surface area (Å²) in [7, 11) is 0. The molecule has 0 aromatic heterocycles. The zero-order chi connectivity index (χ0) is 11.1. The lowest BCUT2D eigenvalue weighted by Crippen LogP contribution is -2.41. The molecule has 2 heteroatoms. The Labute approximate surface area is 91.4 Å². The van der Waals surface area contributed by atoms with E-state index >= 15 is 0 Å². The molecule has 1 aliphatic rings. The smallest absolute Gasteiger partial charge is 0.122 e. The third kappa shape index (κ3) is 2.00. The van der Waals surface area contributed by atoms with Crippen LogP contribution in [0.25, 0.3) is 0 Å². The first kappa shape index (κ1) is 10.5. The van der Waals surface area contributed by atoms with Crippen LogP contribution in [0, 0.1) is 6.92 Å². The van der Waals surface area contributed by atoms with Gasteiger partial charge in [-0.25, -0.2) is 0 Å². The molecule has 0 saturated carbocycles. The van der Waals surface area contributed by atoms with Crippen molar-refractivity contribution in [3.05, 3.63) is 29.3 Å². The largest absolute Gasteiger partial charge is 0.493 e. The lowest BCUT2D eigenvalue weighted by atomic mass is 9.79. The van der Waals surface area contributed by atoms with E-state index < -0.39 is 0 Å². The van der Waals surface area contributed by atoms with Crippen LogP contribution in [0.1, 0.15) is 37.3 Å². The van der Waals surface area contributed by atoms with E-state index in [4.69, 9.17) is 10.5 Å². The van der Waals surface area contributed by atoms with Gasteiger partial charge in [-0.15, -0.1) is 0 Å². The predicted molar refractivity (Wildman–Crippen MR) is 62.3 cm³/mol. The Morgan fingerprint density at radius 2 is 2.13 bits per heavy atom. The molecule has 2 rings (SSSR count). The number of hydrogen-bond donors (Lipinski definition) is 1. The standard InChI is InChI=1S/C13H19NO/c1-9-4-5-12-10(8-9)11(6-7-15-12)13(2,3)14/h4-5,8,11H,6-7,14H2,1-3H3. The van der Waals surface area contributed by atoms with Gasteiger partial charge in [0.15, 0.2) is 0 Å². The number of rotatable bonds is 1. The molecular weight excluding hydrogens is 186 g/mol. The van der Waals surface area contributed by atoms with Crippen molar-refractivity contribution in [1.29, 1.82) is 0 Å². The molecule has 2 nitrogen and oxygen atoms in total. The first-order chi connectivity index (χ1) is 6.98. The van der Waals surface area contributed by atoms with Crippen molar-refractivity contribution in [2.75, 3.05) is 6.61 Å². The van der Waals surface area contributed by atoms with Crippen LogP contribution in [0.5, 0.6) is 5.75 Å². The normalized spacial score (nSPS) is 20.7. The lowest BCUT2D eigenvalue weighted by Gasteiger charge is -2.35. The fourth-order valence-corrected chi connectivity index (χ4v) is 2.29. The van der Waals surface area contributed by atoms with Crippen molar-refractivity contribution in [3.8, 4) is 5.75 Å². The Morgan fingerprint density at radius 3 is 2.80 bits per heavy atom. The molecule has 0 radical (unpaired) electrons. The summed E-state index contributed by atoms with van der Waals surface area (Å²) in [6, 6.07) is 6.35. The fourth-order valence-electron chi connectivity index (χ4n) is 2.29. The Balaban J connectivity index is 2.45. The van der Waals surface area contributed by atoms with Gasteiger partial charge in [-0.05, 0) is 38.8 Å². The zero-order valence-corrected chi connectivity index (χ0v) is 9.71. The van der Waals surface area contributed by atoms with Gasteiger partial charge in [0.25, 0.3) is 0 Å². The maximum Gasteiger partial charge on any atom is 0.122 e. The Morgan fingerprint density at radius 1 is 1.40 bits per heavy atom. The Hall–Kier alpha value is -1.02. The van der Waals surface area contributed by atoms with Crippen LogP contribution in [-0.4, -0.2) is 12.1 Å². The maximum absolute atomic E-state index is 6.22. The molecule has 0 aliphatic carbocycles. The van der Waals surface area contributed by atoms with E-state index in [9.17, 15) is 0 Å². The van der Waals surface area contributed by atoms with Gasteiger partial charge in [-0.1, -0.05) is 17.7 Å². The third-order valence-electron chi connectivity index (χ3n) is 3.10. The summed E-state index contributed by atoms with van der Waals surface area (Å²) in [4.78, 5) is 0. The van der Waals surface area contributed by atoms with Crippen molar-refractivity contribution in [1.82, 2.24) is 0 Å². The predicted octanol–water partition coefficient (Wildman–Crippen LogP) is 2.60. The van der Waals surface area contributed by atoms with Crippen molar-refractivity contribution in [2.45, 2.75) is 38.6 Å². The van der Waals surface area contributed by atoms with Crippen molar-refractivity contribution in [3.63, 3.8) is 0 Å². The minimum Gasteiger partial charge on any atom is -0.493 e. The molecule has 0 saturated heterocycles. The summed E-state index contributed by atoms with van der Waals surface area (Å²) in [5.74, 6) is 1.41. The number of hydrogen-bond acceptors (Lipinski definition) is 2. The second-order valence-electron chi connectivity index (χ2n) is 5.05. The molecule has 1 aromatic rings. The fraction of sp³-hybridized carbons (Fsp3) is 0.538. The van der Waals surface area contributed by atoms with Crippen LogP contribution >= 0.6 is 0 Å². The van der Waals surface area contributed by atoms with Gasteiger partial charge in [-0.2, -0.15) is 0 Å². The summed E-state index contributed by atoms with van der Waals surface area (Å²) in [5.41, 5.74) is 8.59. The molecule has 1 atom stereocenters. The van der Waals surface area contributed by atoms with Crippen LogP contribution in [-0.2, 0) is 0 Å². The molecule has 1 unspecified atom stereocenters. The van der Waals surface area contributed by atoms with E-state index in [2.05, 4.69) is 39.0 Å². The second kappa shape index (κ2) is 3.53. The lowest BCUT2D eigenvalue weighted by molar-refractivity contribution is 0.233. The van der Waals surface area contributed by atoms with Crippen LogP contribution in [0.2, 0.25) is 0 Å². The highest BCUT2D eigenvalue weighted by Gasteiger charge is 2.31. The van der Waals surface area contributed by atoms with Gasteiger partial charge < -0.3 is 10.5 Å². The highest BCUT2D eigenvalue weighted by Crippen LogP contribution is 2.39. The highest BCUT2D eigenvalue weighted by molar-refractivity contribution is 5.42. The van der Waals surface area contributed by atoms with Crippen LogP contribution in [0.4, 0.5) is 0 Å². The van der Waals surface area contributed by atoms with Gasteiger partial charge in [0.2, 0.25) is 0 Å². The van der Waals surface area contributed by atoms with E-state index in [0.29, 0.717) is 5.92 Å². The van der Waals surface area contributed by atoms with Crippen LogP contribution in [0.3, 0.4) is 0 Å². The molecule has 82 valence electrons. The van der Waals surface area contributed by atoms with Gasteiger partial charge >= 0.3 is 0 Å². The van der Waals surface area contributed by atoms with Crippen LogP contribution < -0.4 is 10.5 Å². The molecule has 1 heterocycles. The van der Waals surface area contributed by atoms with Gasteiger partial charge in [0.1, 0.15) is 5.75 Å². The van der Waals surface area contributed by atoms with Gasteiger partial charge in [-0.3, -0.25) is 0 Å². The van der Waals surface area contributed by atoms with E-state index in [1.165, 1.54) is 11.1 Å². The molecule has 15 heavy (non-hydrogen) atoms. The number of benzene rings is 1. The number of nitrogens with two attached hydrogens (primary N) is 1. The average Bonchev–Trinajstić information content (AvgIpc) is 2.15. The van der Waals surface area contributed by atoms with Crippen molar-refractivity contribution in [2.24, 2.45) is 5.73 Å². The topological polar surface area (TPSA) is 35.2 Å². The van der Waals surface area contributed by atoms with Crippen molar-refractivity contribution >= 4 is 0 Å². The molecule has 1 aromatic carbocycles. The van der Waals surface area contributed by atoms with E-state index in [1.807, 2.05) is 0 Å².